The van der Waals surface area contributed by atoms with Crippen LogP contribution in [0.25, 0.3) is 10.2 Å². The molecule has 0 aliphatic carbocycles. The molecule has 1 atom stereocenters. The highest BCUT2D eigenvalue weighted by molar-refractivity contribution is 7.17. The molecule has 9 nitrogen and oxygen atoms in total. The number of Topliss-reactive ketones (excluding diaryl/α,β-unsaturated/α-hetero) is 1. The lowest BCUT2D eigenvalue weighted by atomic mass is 10.1. The van der Waals surface area contributed by atoms with Crippen molar-refractivity contribution in [3.63, 3.8) is 0 Å². The molecule has 1 aromatic carbocycles. The van der Waals surface area contributed by atoms with Crippen molar-refractivity contribution in [3.8, 4) is 6.07 Å². The summed E-state index contributed by atoms with van der Waals surface area (Å²) in [7, 11) is 0. The van der Waals surface area contributed by atoms with E-state index in [9.17, 15) is 19.6 Å². The highest BCUT2D eigenvalue weighted by atomic mass is 32.1. The first kappa shape index (κ1) is 23.6. The topological polar surface area (TPSA) is 134 Å². The number of hydrogen-bond acceptors (Lipinski definition) is 8. The zero-order chi connectivity index (χ0) is 24.2. The van der Waals surface area contributed by atoms with E-state index < -0.39 is 5.91 Å². The number of aromatic nitrogens is 2. The number of nitrogens with zero attached hydrogens (tertiary/aromatic N) is 4. The third-order valence-electron chi connectivity index (χ3n) is 5.95. The first-order valence-electron chi connectivity index (χ1n) is 11.2. The Morgan fingerprint density at radius 3 is 2.88 bits per heavy atom. The molecule has 2 aromatic heterocycles. The second-order valence-corrected chi connectivity index (χ2v) is 9.20. The van der Waals surface area contributed by atoms with Crippen LogP contribution in [0.5, 0.6) is 0 Å². The van der Waals surface area contributed by atoms with E-state index in [2.05, 4.69) is 11.4 Å². The van der Waals surface area contributed by atoms with E-state index in [0.717, 1.165) is 24.2 Å². The quantitative estimate of drug-likeness (QED) is 0.530. The van der Waals surface area contributed by atoms with Crippen molar-refractivity contribution < 1.29 is 9.59 Å². The first-order valence-corrected chi connectivity index (χ1v) is 12.1. The summed E-state index contributed by atoms with van der Waals surface area (Å²) >= 11 is 1.15. The lowest BCUT2D eigenvalue weighted by Gasteiger charge is -2.33. The van der Waals surface area contributed by atoms with Gasteiger partial charge < -0.3 is 16.0 Å². The summed E-state index contributed by atoms with van der Waals surface area (Å²) in [6.45, 7) is 3.06. The van der Waals surface area contributed by atoms with Crippen LogP contribution >= 0.6 is 11.3 Å². The lowest BCUT2D eigenvalue weighted by molar-refractivity contribution is -0.117. The van der Waals surface area contributed by atoms with Gasteiger partial charge in [0.2, 0.25) is 5.95 Å². The summed E-state index contributed by atoms with van der Waals surface area (Å²) in [5, 5.41) is 13.7. The van der Waals surface area contributed by atoms with Gasteiger partial charge >= 0.3 is 0 Å². The fourth-order valence-corrected chi connectivity index (χ4v) is 4.99. The van der Waals surface area contributed by atoms with Crippen LogP contribution in [-0.4, -0.2) is 46.9 Å². The number of benzene rings is 1. The van der Waals surface area contributed by atoms with Gasteiger partial charge in [0.25, 0.3) is 11.5 Å². The minimum absolute atomic E-state index is 0.0495. The zero-order valence-corrected chi connectivity index (χ0v) is 19.7. The van der Waals surface area contributed by atoms with Crippen LogP contribution in [-0.2, 0) is 11.3 Å². The van der Waals surface area contributed by atoms with E-state index in [1.807, 2.05) is 17.0 Å². The predicted octanol–water partition coefficient (Wildman–Crippen LogP) is 2.01. The van der Waals surface area contributed by atoms with Crippen LogP contribution in [0, 0.1) is 11.3 Å². The second-order valence-electron chi connectivity index (χ2n) is 8.32. The van der Waals surface area contributed by atoms with Gasteiger partial charge in [0.05, 0.1) is 30.3 Å². The van der Waals surface area contributed by atoms with Gasteiger partial charge in [-0.1, -0.05) is 25.1 Å². The van der Waals surface area contributed by atoms with Gasteiger partial charge in [-0.25, -0.2) is 4.98 Å². The Balaban J connectivity index is 1.82. The van der Waals surface area contributed by atoms with Crippen molar-refractivity contribution in [2.24, 2.45) is 5.73 Å². The molecule has 3 heterocycles. The molecule has 0 spiro atoms. The molecule has 176 valence electrons. The van der Waals surface area contributed by atoms with Crippen LogP contribution in [0.2, 0.25) is 0 Å². The van der Waals surface area contributed by atoms with Gasteiger partial charge in [0.1, 0.15) is 10.2 Å². The molecule has 3 aromatic rings. The maximum absolute atomic E-state index is 13.6. The normalized spacial score (nSPS) is 15.8. The number of nitrogens with two attached hydrogens (primary N) is 1. The van der Waals surface area contributed by atoms with Crippen LogP contribution < -0.4 is 21.5 Å². The number of nitriles is 1. The van der Waals surface area contributed by atoms with Gasteiger partial charge in [0.15, 0.2) is 5.78 Å². The number of carbonyl (C=O) groups is 2. The largest absolute Gasteiger partial charge is 0.345 e. The van der Waals surface area contributed by atoms with Crippen molar-refractivity contribution >= 4 is 39.2 Å². The molecule has 4 rings (SSSR count). The minimum Gasteiger partial charge on any atom is -0.345 e. The molecule has 3 N–H and O–H groups in total. The minimum atomic E-state index is -0.436. The van der Waals surface area contributed by atoms with Crippen molar-refractivity contribution in [1.29, 1.82) is 5.26 Å². The van der Waals surface area contributed by atoms with E-state index in [0.29, 0.717) is 46.8 Å². The van der Waals surface area contributed by atoms with Crippen molar-refractivity contribution in [1.82, 2.24) is 14.9 Å². The second kappa shape index (κ2) is 10.2. The van der Waals surface area contributed by atoms with Crippen LogP contribution in [0.3, 0.4) is 0 Å². The Hall–Kier alpha value is -3.55. The van der Waals surface area contributed by atoms with Crippen LogP contribution in [0.4, 0.5) is 5.95 Å². The number of nitrogens with one attached hydrogen (secondary N) is 1. The van der Waals surface area contributed by atoms with Crippen molar-refractivity contribution in [2.45, 2.75) is 38.8 Å². The summed E-state index contributed by atoms with van der Waals surface area (Å²) in [6.07, 6.45) is 2.08. The van der Waals surface area contributed by atoms with Gasteiger partial charge in [-0.15, -0.1) is 11.3 Å². The van der Waals surface area contributed by atoms with E-state index in [-0.39, 0.29) is 36.0 Å². The number of fused-ring (bicyclic) bond motifs is 1. The number of ketones is 1. The number of piperidine rings is 1. The van der Waals surface area contributed by atoms with E-state index in [1.165, 1.54) is 0 Å². The highest BCUT2D eigenvalue weighted by Gasteiger charge is 2.25. The zero-order valence-electron chi connectivity index (χ0n) is 18.9. The fourth-order valence-electron chi connectivity index (χ4n) is 4.06. The Morgan fingerprint density at radius 2 is 2.15 bits per heavy atom. The Morgan fingerprint density at radius 1 is 1.35 bits per heavy atom. The SMILES string of the molecule is CCC(=O)CNC(=O)c1csc2c(=O)n(Cc3ccccc3C#N)c(N3CCC[C@@H](N)C3)nc12. The van der Waals surface area contributed by atoms with Crippen LogP contribution in [0.1, 0.15) is 47.7 Å². The van der Waals surface area contributed by atoms with E-state index in [4.69, 9.17) is 10.7 Å². The molecule has 34 heavy (non-hydrogen) atoms. The Labute approximate surface area is 200 Å². The molecule has 1 fully saturated rings. The summed E-state index contributed by atoms with van der Waals surface area (Å²) in [5.41, 5.74) is 7.72. The number of rotatable bonds is 7. The molecule has 0 radical (unpaired) electrons. The Bertz CT molecular complexity index is 1340. The summed E-state index contributed by atoms with van der Waals surface area (Å²) in [4.78, 5) is 44.8. The Kier molecular flexibility index (Phi) is 7.05. The predicted molar refractivity (Wildman–Crippen MR) is 131 cm³/mol. The molecule has 0 saturated carbocycles. The number of anilines is 1. The van der Waals surface area contributed by atoms with Crippen LogP contribution in [0.15, 0.2) is 34.4 Å². The molecular formula is C24H26N6O3S. The third-order valence-corrected chi connectivity index (χ3v) is 6.91. The molecule has 0 unspecified atom stereocenters. The van der Waals surface area contributed by atoms with Crippen molar-refractivity contribution in [2.75, 3.05) is 24.5 Å². The number of thiophene rings is 1. The lowest BCUT2D eigenvalue weighted by Crippen LogP contribution is -2.45. The molecule has 10 heteroatoms. The summed E-state index contributed by atoms with van der Waals surface area (Å²) in [6, 6.07) is 9.27. The maximum Gasteiger partial charge on any atom is 0.273 e. The number of amides is 1. The summed E-state index contributed by atoms with van der Waals surface area (Å²) in [5.74, 6) is -0.0892. The van der Waals surface area contributed by atoms with Gasteiger partial charge in [-0.05, 0) is 24.5 Å². The summed E-state index contributed by atoms with van der Waals surface area (Å²) < 4.78 is 1.92. The smallest absolute Gasteiger partial charge is 0.273 e. The molecule has 1 aliphatic heterocycles. The fraction of sp³-hybridized carbons (Fsp3) is 0.375. The average Bonchev–Trinajstić information content (AvgIpc) is 3.28. The monoisotopic (exact) mass is 478 g/mol. The number of hydrogen-bond donors (Lipinski definition) is 2. The molecule has 1 saturated heterocycles. The molecule has 1 aliphatic rings. The average molecular weight is 479 g/mol. The van der Waals surface area contributed by atoms with E-state index >= 15 is 0 Å². The van der Waals surface area contributed by atoms with E-state index in [1.54, 1.807) is 29.0 Å². The van der Waals surface area contributed by atoms with Gasteiger partial charge in [-0.2, -0.15) is 5.26 Å². The van der Waals surface area contributed by atoms with Crippen molar-refractivity contribution in [3.05, 3.63) is 56.7 Å². The third kappa shape index (κ3) is 4.71. The van der Waals surface area contributed by atoms with Gasteiger partial charge in [0, 0.05) is 30.9 Å². The highest BCUT2D eigenvalue weighted by Crippen LogP contribution is 2.26. The molecule has 1 amide bonds. The number of carbonyl (C=O) groups excluding carboxylic acids is 2. The first-order chi connectivity index (χ1) is 16.4. The molecule has 0 bridgehead atoms. The standard InChI is InChI=1S/C24H26N6O3S/c1-2-18(31)11-27-22(32)19-14-34-21-20(19)28-24(29-9-5-8-17(26)13-29)30(23(21)33)12-16-7-4-3-6-15(16)10-25/h3-4,6-7,14,17H,2,5,8-9,11-13,26H2,1H3,(H,27,32)/t17-/m1/s1. The molecular weight excluding hydrogens is 452 g/mol. The maximum atomic E-state index is 13.6. The van der Waals surface area contributed by atoms with Gasteiger partial charge in [-0.3, -0.25) is 19.0 Å².